The number of rotatable bonds is 4. The second kappa shape index (κ2) is 5.74. The zero-order valence-electron chi connectivity index (χ0n) is 7.46. The predicted molar refractivity (Wildman–Crippen MR) is 49.7 cm³/mol. The van der Waals surface area contributed by atoms with Crippen LogP contribution in [-0.4, -0.2) is 12.1 Å². The van der Waals surface area contributed by atoms with E-state index in [2.05, 4.69) is 12.0 Å². The van der Waals surface area contributed by atoms with E-state index < -0.39 is 0 Å². The molecular weight excluding hydrogens is 136 g/mol. The minimum atomic E-state index is 1.16. The summed E-state index contributed by atoms with van der Waals surface area (Å²) >= 11 is 0. The molecule has 0 aliphatic rings. The van der Waals surface area contributed by atoms with Gasteiger partial charge in [0.15, 0.2) is 0 Å². The van der Waals surface area contributed by atoms with Crippen molar-refractivity contribution in [2.24, 2.45) is 0 Å². The summed E-state index contributed by atoms with van der Waals surface area (Å²) in [7, 11) is 1.88. The monoisotopic (exact) mass is 152 g/mol. The summed E-state index contributed by atoms with van der Waals surface area (Å²) < 4.78 is 0. The molecule has 1 N–H and O–H groups in total. The number of allylic oxidation sites excluding steroid dienone is 4. The maximum absolute atomic E-state index is 3.59. The molecule has 0 aliphatic carbocycles. The highest BCUT2D eigenvalue weighted by Gasteiger charge is 1.93. The molecule has 0 saturated heterocycles. The van der Waals surface area contributed by atoms with Crippen molar-refractivity contribution in [1.82, 2.24) is 10.4 Å². The average molecular weight is 152 g/mol. The maximum atomic E-state index is 3.59. The Morgan fingerprint density at radius 2 is 2.18 bits per heavy atom. The molecule has 2 heteroatoms. The Balaban J connectivity index is 4.16. The highest BCUT2D eigenvalue weighted by Crippen LogP contribution is 1.98. The molecule has 11 heavy (non-hydrogen) atoms. The van der Waals surface area contributed by atoms with Crippen LogP contribution in [0.1, 0.15) is 13.8 Å². The molecule has 0 bridgehead atoms. The Kier molecular flexibility index (Phi) is 5.21. The molecule has 2 nitrogen and oxygen atoms in total. The second-order valence-corrected chi connectivity index (χ2v) is 2.10. The molecule has 0 heterocycles. The van der Waals surface area contributed by atoms with Gasteiger partial charge in [-0.05, 0) is 19.9 Å². The predicted octanol–water partition coefficient (Wildman–Crippen LogP) is 2.05. The molecule has 0 aromatic carbocycles. The van der Waals surface area contributed by atoms with Gasteiger partial charge in [-0.25, -0.2) is 5.43 Å². The van der Waals surface area contributed by atoms with Crippen molar-refractivity contribution < 1.29 is 0 Å². The first-order valence-electron chi connectivity index (χ1n) is 3.65. The normalized spacial score (nSPS) is 12.1. The first-order valence-corrected chi connectivity index (χ1v) is 3.65. The van der Waals surface area contributed by atoms with E-state index in [4.69, 9.17) is 0 Å². The lowest BCUT2D eigenvalue weighted by Gasteiger charge is -2.18. The van der Waals surface area contributed by atoms with Crippen LogP contribution in [0.5, 0.6) is 0 Å². The fourth-order valence-electron chi connectivity index (χ4n) is 0.654. The molecule has 0 aromatic heterocycles. The van der Waals surface area contributed by atoms with Gasteiger partial charge in [-0.3, -0.25) is 5.01 Å². The van der Waals surface area contributed by atoms with Gasteiger partial charge in [0.2, 0.25) is 0 Å². The van der Waals surface area contributed by atoms with E-state index in [0.717, 1.165) is 5.70 Å². The van der Waals surface area contributed by atoms with Crippen LogP contribution in [0.25, 0.3) is 0 Å². The van der Waals surface area contributed by atoms with E-state index in [-0.39, 0.29) is 0 Å². The standard InChI is InChI=1S/C9H16N2/c1-5-7-8-11(10-4)9(3)6-2/h5-8,10H,1H2,2-4H3/b8-7-,9-6-. The summed E-state index contributed by atoms with van der Waals surface area (Å²) in [4.78, 5) is 0. The van der Waals surface area contributed by atoms with Crippen molar-refractivity contribution in [3.8, 4) is 0 Å². The van der Waals surface area contributed by atoms with Crippen LogP contribution in [0.3, 0.4) is 0 Å². The lowest BCUT2D eigenvalue weighted by molar-refractivity contribution is 0.374. The van der Waals surface area contributed by atoms with Crippen LogP contribution in [0.2, 0.25) is 0 Å². The summed E-state index contributed by atoms with van der Waals surface area (Å²) in [5.74, 6) is 0. The maximum Gasteiger partial charge on any atom is 0.0271 e. The Morgan fingerprint density at radius 3 is 2.55 bits per heavy atom. The zero-order chi connectivity index (χ0) is 8.69. The molecular formula is C9H16N2. The minimum absolute atomic E-state index is 1.16. The fraction of sp³-hybridized carbons (Fsp3) is 0.333. The van der Waals surface area contributed by atoms with Crippen molar-refractivity contribution in [2.45, 2.75) is 13.8 Å². The van der Waals surface area contributed by atoms with Crippen molar-refractivity contribution in [3.63, 3.8) is 0 Å². The largest absolute Gasteiger partial charge is 0.289 e. The van der Waals surface area contributed by atoms with Crippen molar-refractivity contribution >= 4 is 0 Å². The highest BCUT2D eigenvalue weighted by molar-refractivity contribution is 5.03. The van der Waals surface area contributed by atoms with Gasteiger partial charge in [-0.15, -0.1) is 0 Å². The van der Waals surface area contributed by atoms with Crippen LogP contribution in [-0.2, 0) is 0 Å². The molecule has 0 atom stereocenters. The van der Waals surface area contributed by atoms with E-state index in [9.17, 15) is 0 Å². The topological polar surface area (TPSA) is 15.3 Å². The summed E-state index contributed by atoms with van der Waals surface area (Å²) in [6.07, 6.45) is 7.57. The molecule has 62 valence electrons. The highest BCUT2D eigenvalue weighted by atomic mass is 15.5. The van der Waals surface area contributed by atoms with Gasteiger partial charge in [0.1, 0.15) is 0 Å². The van der Waals surface area contributed by atoms with Gasteiger partial charge in [-0.2, -0.15) is 0 Å². The van der Waals surface area contributed by atoms with Gasteiger partial charge in [0.05, 0.1) is 0 Å². The third kappa shape index (κ3) is 3.63. The number of nitrogens with zero attached hydrogens (tertiary/aromatic N) is 1. The first kappa shape index (κ1) is 9.98. The zero-order valence-corrected chi connectivity index (χ0v) is 7.46. The van der Waals surface area contributed by atoms with Crippen LogP contribution < -0.4 is 5.43 Å². The molecule has 0 amide bonds. The Hall–Kier alpha value is -1.02. The van der Waals surface area contributed by atoms with Crippen LogP contribution >= 0.6 is 0 Å². The average Bonchev–Trinajstić information content (AvgIpc) is 2.05. The molecule has 0 radical (unpaired) electrons. The van der Waals surface area contributed by atoms with E-state index >= 15 is 0 Å². The molecule has 0 aromatic rings. The number of hydrogen-bond acceptors (Lipinski definition) is 2. The van der Waals surface area contributed by atoms with Crippen molar-refractivity contribution in [1.29, 1.82) is 0 Å². The van der Waals surface area contributed by atoms with Crippen LogP contribution in [0, 0.1) is 0 Å². The molecule has 0 saturated carbocycles. The van der Waals surface area contributed by atoms with Crippen LogP contribution in [0.15, 0.2) is 36.7 Å². The SMILES string of the molecule is C=C/C=C\N(NC)/C(C)=C\C. The van der Waals surface area contributed by atoms with Crippen molar-refractivity contribution in [2.75, 3.05) is 7.05 Å². The minimum Gasteiger partial charge on any atom is -0.289 e. The molecule has 0 fully saturated rings. The third-order valence-corrected chi connectivity index (χ3v) is 1.41. The smallest absolute Gasteiger partial charge is 0.0271 e. The Bertz CT molecular complexity index is 168. The van der Waals surface area contributed by atoms with Crippen LogP contribution in [0.4, 0.5) is 0 Å². The van der Waals surface area contributed by atoms with E-state index in [1.165, 1.54) is 0 Å². The fourth-order valence-corrected chi connectivity index (χ4v) is 0.654. The van der Waals surface area contributed by atoms with Gasteiger partial charge in [0.25, 0.3) is 0 Å². The van der Waals surface area contributed by atoms with Gasteiger partial charge >= 0.3 is 0 Å². The lowest BCUT2D eigenvalue weighted by atomic mass is 10.4. The summed E-state index contributed by atoms with van der Waals surface area (Å²) in [5, 5.41) is 1.92. The van der Waals surface area contributed by atoms with Gasteiger partial charge < -0.3 is 0 Å². The van der Waals surface area contributed by atoms with Gasteiger partial charge in [-0.1, -0.05) is 18.7 Å². The quantitative estimate of drug-likeness (QED) is 0.490. The van der Waals surface area contributed by atoms with E-state index in [1.807, 2.05) is 44.3 Å². The second-order valence-electron chi connectivity index (χ2n) is 2.10. The third-order valence-electron chi connectivity index (χ3n) is 1.41. The molecule has 0 unspecified atom stereocenters. The first-order chi connectivity index (χ1) is 5.26. The summed E-state index contributed by atoms with van der Waals surface area (Å²) in [6.45, 7) is 7.62. The van der Waals surface area contributed by atoms with Gasteiger partial charge in [0, 0.05) is 18.9 Å². The number of nitrogens with one attached hydrogen (secondary N) is 1. The number of hydrazine groups is 1. The summed E-state index contributed by atoms with van der Waals surface area (Å²) in [6, 6.07) is 0. The van der Waals surface area contributed by atoms with Crippen molar-refractivity contribution in [3.05, 3.63) is 36.7 Å². The molecule has 0 aliphatic heterocycles. The number of hydrogen-bond donors (Lipinski definition) is 1. The van der Waals surface area contributed by atoms with E-state index in [0.29, 0.717) is 0 Å². The molecule has 0 rings (SSSR count). The molecule has 0 spiro atoms. The Labute approximate surface area is 68.9 Å². The Morgan fingerprint density at radius 1 is 1.55 bits per heavy atom. The summed E-state index contributed by atoms with van der Waals surface area (Å²) in [5.41, 5.74) is 4.18. The van der Waals surface area contributed by atoms with E-state index in [1.54, 1.807) is 6.08 Å². The lowest BCUT2D eigenvalue weighted by Crippen LogP contribution is -2.27.